The number of aliphatic carboxylic acids is 1. The molecule has 0 aliphatic carbocycles. The van der Waals surface area contributed by atoms with E-state index in [2.05, 4.69) is 0 Å². The zero-order valence-corrected chi connectivity index (χ0v) is 53.6. The van der Waals surface area contributed by atoms with Gasteiger partial charge in [-0.2, -0.15) is 0 Å². The van der Waals surface area contributed by atoms with E-state index in [1.165, 1.54) is 12.0 Å². The molecule has 10 rings (SSSR count). The van der Waals surface area contributed by atoms with Crippen LogP contribution in [0.4, 0.5) is 0 Å². The number of benzene rings is 4. The number of pyridine rings is 2. The number of methoxy groups -OCH3 is 3. The van der Waals surface area contributed by atoms with Gasteiger partial charge in [-0.05, 0) is 73.6 Å². The van der Waals surface area contributed by atoms with Crippen LogP contribution in [0, 0.1) is 22.7 Å². The Kier molecular flexibility index (Phi) is 24.8. The molecule has 0 radical (unpaired) electrons. The van der Waals surface area contributed by atoms with Crippen molar-refractivity contribution >= 4 is 57.4 Å². The van der Waals surface area contributed by atoms with E-state index in [0.717, 1.165) is 79.2 Å². The van der Waals surface area contributed by atoms with Crippen molar-refractivity contribution in [3.05, 3.63) is 109 Å². The third-order valence-electron chi connectivity index (χ3n) is 17.4. The van der Waals surface area contributed by atoms with Gasteiger partial charge in [0.1, 0.15) is 47.3 Å². The predicted molar refractivity (Wildman–Crippen MR) is 334 cm³/mol. The Morgan fingerprint density at radius 1 is 0.544 bits per heavy atom. The Balaban J connectivity index is 0.000000277. The largest absolute Gasteiger partial charge is 1.00 e. The number of carbonyl (C=O) groups excluding carboxylic acids is 5. The molecule has 4 saturated heterocycles. The van der Waals surface area contributed by atoms with Crippen molar-refractivity contribution in [3.63, 3.8) is 0 Å². The quantitative estimate of drug-likeness (QED) is 0.102. The van der Waals surface area contributed by atoms with Crippen LogP contribution in [0.3, 0.4) is 0 Å². The van der Waals surface area contributed by atoms with Gasteiger partial charge < -0.3 is 58.6 Å². The minimum atomic E-state index is -1.08. The van der Waals surface area contributed by atoms with Crippen molar-refractivity contribution in [2.75, 3.05) is 60.6 Å². The average molecular weight is 1230 g/mol. The zero-order chi connectivity index (χ0) is 62.2. The van der Waals surface area contributed by atoms with Crippen molar-refractivity contribution < 1.29 is 86.6 Å². The molecular weight excluding hydrogens is 1150 g/mol. The molecule has 90 heavy (non-hydrogen) atoms. The first-order valence-electron chi connectivity index (χ1n) is 30.5. The van der Waals surface area contributed by atoms with Crippen LogP contribution in [0.1, 0.15) is 106 Å². The van der Waals surface area contributed by atoms with Crippen LogP contribution in [0.5, 0.6) is 23.0 Å². The number of rotatable bonds is 16. The normalized spacial score (nSPS) is 18.9. The van der Waals surface area contributed by atoms with E-state index < -0.39 is 58.9 Å². The molecule has 0 unspecified atom stereocenters. The number of ether oxygens (including phenoxy) is 5. The second-order valence-electron chi connectivity index (χ2n) is 25.5. The second kappa shape index (κ2) is 31.3. The van der Waals surface area contributed by atoms with Gasteiger partial charge in [-0.15, -0.1) is 0 Å². The number of carboxylic acid groups (broad SMARTS) is 1. The van der Waals surface area contributed by atoms with E-state index in [9.17, 15) is 33.9 Å². The van der Waals surface area contributed by atoms with Gasteiger partial charge in [0.2, 0.25) is 23.6 Å². The molecule has 2 aromatic heterocycles. The van der Waals surface area contributed by atoms with Gasteiger partial charge in [-0.25, -0.2) is 19.6 Å². The summed E-state index contributed by atoms with van der Waals surface area (Å²) in [7, 11) is 4.54. The molecule has 4 aliphatic heterocycles. The first-order valence-corrected chi connectivity index (χ1v) is 30.5. The number of piperidine rings is 2. The molecule has 2 N–H and O–H groups in total. The van der Waals surface area contributed by atoms with Gasteiger partial charge in [0.05, 0.1) is 68.7 Å². The van der Waals surface area contributed by atoms with E-state index in [1.807, 2.05) is 161 Å². The van der Waals surface area contributed by atoms with Crippen LogP contribution in [0.25, 0.3) is 44.3 Å². The van der Waals surface area contributed by atoms with Gasteiger partial charge in [0.15, 0.2) is 0 Å². The van der Waals surface area contributed by atoms with E-state index in [1.54, 1.807) is 19.1 Å². The van der Waals surface area contributed by atoms with E-state index in [4.69, 9.17) is 33.7 Å². The van der Waals surface area contributed by atoms with Crippen molar-refractivity contribution in [1.82, 2.24) is 29.6 Å². The Morgan fingerprint density at radius 2 is 0.922 bits per heavy atom. The molecule has 19 nitrogen and oxygen atoms in total. The summed E-state index contributed by atoms with van der Waals surface area (Å²) in [6, 6.07) is 32.6. The fourth-order valence-corrected chi connectivity index (χ4v) is 12.3. The van der Waals surface area contributed by atoms with Gasteiger partial charge in [0.25, 0.3) is 0 Å². The Labute approximate surface area is 538 Å². The van der Waals surface area contributed by atoms with E-state index >= 15 is 0 Å². The Morgan fingerprint density at radius 3 is 1.28 bits per heavy atom. The number of hydrogen-bond acceptors (Lipinski definition) is 14. The summed E-state index contributed by atoms with van der Waals surface area (Å²) in [5.41, 5.74) is 3.66. The van der Waals surface area contributed by atoms with Crippen molar-refractivity contribution in [2.45, 2.75) is 130 Å². The number of carboxylic acids is 1. The summed E-state index contributed by atoms with van der Waals surface area (Å²) in [4.78, 5) is 96.7. The number of hydrogen-bond donors (Lipinski definition) is 1. The number of likely N-dealkylation sites (tertiary alicyclic amines) is 4. The monoisotopic (exact) mass is 1230 g/mol. The first kappa shape index (κ1) is 71.3. The molecular formula is C69H85FLiN6O13-. The number of halogens is 1. The van der Waals surface area contributed by atoms with Crippen molar-refractivity contribution in [3.8, 4) is 45.5 Å². The summed E-state index contributed by atoms with van der Waals surface area (Å²) in [6.45, 7) is 14.9. The molecule has 6 heterocycles. The van der Waals surface area contributed by atoms with Gasteiger partial charge >= 0.3 is 30.8 Å². The summed E-state index contributed by atoms with van der Waals surface area (Å²) in [6.07, 6.45) is 5.68. The van der Waals surface area contributed by atoms with Crippen molar-refractivity contribution in [1.29, 1.82) is 0 Å². The molecule has 4 amide bonds. The predicted octanol–water partition coefficient (Wildman–Crippen LogP) is 4.74. The summed E-state index contributed by atoms with van der Waals surface area (Å²) >= 11 is 0. The van der Waals surface area contributed by atoms with Gasteiger partial charge in [-0.3, -0.25) is 19.2 Å². The van der Waals surface area contributed by atoms with Crippen molar-refractivity contribution in [2.24, 2.45) is 22.7 Å². The summed E-state index contributed by atoms with van der Waals surface area (Å²) < 4.78 is 29.1. The Hall–Kier alpha value is -7.79. The molecule has 0 spiro atoms. The molecule has 6 aromatic rings. The maximum absolute atomic E-state index is 14.2. The molecule has 4 aliphatic rings. The maximum atomic E-state index is 14.2. The Bertz CT molecular complexity index is 3440. The second-order valence-corrected chi connectivity index (χ2v) is 25.5. The zero-order valence-electron chi connectivity index (χ0n) is 53.6. The summed E-state index contributed by atoms with van der Waals surface area (Å²) in [5.74, 6) is -0.908. The first-order chi connectivity index (χ1) is 41.6. The SMILES string of the molecule is COC(=O)[C@@H]1C[C@@H](Oc2cc(-c3ccccc3)nc3cc(OC)ccc23)CN1C(=O)[C@@H](CC(=O)N1CCCCC1)C(C)(C)C.COc1ccc2c(O[C@@H]3C[C@@H](C(=O)O)N(C(=O)[C@@H](CC(=O)N4CCCCC4)C(C)(C)C)C3)cc(-c3ccccc3)nc2c1.[F-].[Li+].[OH-]. The third-order valence-corrected chi connectivity index (χ3v) is 17.4. The number of aromatic nitrogens is 2. The van der Waals surface area contributed by atoms with Crippen LogP contribution < -0.4 is 42.5 Å². The average Bonchev–Trinajstić information content (AvgIpc) is 1.43. The van der Waals surface area contributed by atoms with Gasteiger partial charge in [-0.1, -0.05) is 102 Å². The topological polar surface area (TPSA) is 238 Å². The minimum absolute atomic E-state index is 0. The van der Waals surface area contributed by atoms with Crippen LogP contribution in [0.2, 0.25) is 0 Å². The molecule has 4 fully saturated rings. The van der Waals surface area contributed by atoms with Gasteiger partial charge in [0, 0.05) is 98.0 Å². The number of esters is 1. The smallest absolute Gasteiger partial charge is 1.00 e. The maximum Gasteiger partial charge on any atom is 1.00 e. The van der Waals surface area contributed by atoms with E-state index in [0.29, 0.717) is 52.8 Å². The van der Waals surface area contributed by atoms with Crippen LogP contribution in [-0.4, -0.2) is 161 Å². The summed E-state index contributed by atoms with van der Waals surface area (Å²) in [5, 5.41) is 11.7. The standard InChI is InChI=1S/C35H43N3O6.C34H41N3O6.FH.Li.H2O/c1-35(2,3)27(20-32(39)37-16-10-7-11-17-37)33(40)38-22-25(19-30(38)34(41)43-5)44-31-21-28(23-12-8-6-9-13-23)36-29-18-24(42-4)14-15-26(29)31;1-34(2,3)26(19-31(38)36-15-9-6-10-16-36)32(39)37-21-24(18-29(37)33(40)41)43-30-20-27(22-11-7-5-8-12-22)35-28-17-23(42-4)13-14-25(28)30;;;/h6,8-9,12-15,18,21,25,27,30H,7,10-11,16-17,19-20,22H2,1-5H3;5,7-8,11-14,17,20,24,26,29H,6,9-10,15-16,18-19,21H2,1-4H3,(H,40,41);1H;;1H2/q;;;+1;/p-2/t25-,27-,30+;24-,26-,29+;;;/m11.../s1. The van der Waals surface area contributed by atoms with Crippen LogP contribution in [0.15, 0.2) is 109 Å². The molecule has 0 bridgehead atoms. The minimum Gasteiger partial charge on any atom is -1.00 e. The van der Waals surface area contributed by atoms with Crippen LogP contribution >= 0.6 is 0 Å². The third kappa shape index (κ3) is 17.0. The van der Waals surface area contributed by atoms with E-state index in [-0.39, 0.29) is 91.4 Å². The molecule has 0 saturated carbocycles. The molecule has 21 heteroatoms. The molecule has 478 valence electrons. The molecule has 6 atom stereocenters. The fourth-order valence-electron chi connectivity index (χ4n) is 12.3. The molecule has 4 aromatic carbocycles. The number of nitrogens with zero attached hydrogens (tertiary/aromatic N) is 6. The number of amides is 4. The van der Waals surface area contributed by atoms with Crippen LogP contribution in [-0.2, 0) is 33.5 Å². The number of fused-ring (bicyclic) bond motifs is 2. The fraction of sp³-hybridized carbons (Fsp3) is 0.478. The number of carbonyl (C=O) groups is 6.